The van der Waals surface area contributed by atoms with E-state index in [0.29, 0.717) is 32.5 Å². The summed E-state index contributed by atoms with van der Waals surface area (Å²) in [6, 6.07) is 5.72. The molecule has 1 aliphatic carbocycles. The average Bonchev–Trinajstić information content (AvgIpc) is 3.46. The van der Waals surface area contributed by atoms with Gasteiger partial charge < -0.3 is 25.2 Å². The Kier molecular flexibility index (Phi) is 10.6. The first-order valence-electron chi connectivity index (χ1n) is 16.3. The van der Waals surface area contributed by atoms with E-state index >= 15 is 0 Å². The van der Waals surface area contributed by atoms with Crippen LogP contribution in [0.5, 0.6) is 5.75 Å². The topological polar surface area (TPSA) is 111 Å². The third-order valence-electron chi connectivity index (χ3n) is 9.00. The fraction of sp³-hybridized carbons (Fsp3) is 0.706. The van der Waals surface area contributed by atoms with Crippen LogP contribution in [0.25, 0.3) is 0 Å². The van der Waals surface area contributed by atoms with E-state index < -0.39 is 18.0 Å². The van der Waals surface area contributed by atoms with E-state index in [2.05, 4.69) is 43.4 Å². The minimum absolute atomic E-state index is 0.00885. The van der Waals surface area contributed by atoms with Gasteiger partial charge in [-0.1, -0.05) is 46.8 Å². The zero-order valence-electron chi connectivity index (χ0n) is 27.8. The number of hydrogen-bond acceptors (Lipinski definition) is 6. The Morgan fingerprint density at radius 2 is 1.77 bits per heavy atom. The molecule has 0 bridgehead atoms. The molecule has 10 heteroatoms. The SMILES string of the molecule is CC(C)C[C@@H](NC(=O)c1ccccc1OCC(=O)NC1(C)CC1)C(=O)N1CCC[C@@H]1C(=O)N1CCN(C)[C@@H](CC(C)(C)C)C1. The number of para-hydroxylation sites is 1. The van der Waals surface area contributed by atoms with E-state index in [1.165, 1.54) is 0 Å². The summed E-state index contributed by atoms with van der Waals surface area (Å²) in [5.74, 6) is -0.474. The summed E-state index contributed by atoms with van der Waals surface area (Å²) in [5.41, 5.74) is 0.249. The van der Waals surface area contributed by atoms with Gasteiger partial charge in [-0.05, 0) is 76.0 Å². The van der Waals surface area contributed by atoms with Crippen LogP contribution >= 0.6 is 0 Å². The maximum absolute atomic E-state index is 14.0. The van der Waals surface area contributed by atoms with Gasteiger partial charge in [0.25, 0.3) is 11.8 Å². The Balaban J connectivity index is 1.43. The number of rotatable bonds is 11. The molecular formula is C34H53N5O5. The summed E-state index contributed by atoms with van der Waals surface area (Å²) >= 11 is 0. The molecule has 4 rings (SSSR count). The highest BCUT2D eigenvalue weighted by atomic mass is 16.5. The van der Waals surface area contributed by atoms with Crippen LogP contribution in [0.15, 0.2) is 24.3 Å². The molecule has 10 nitrogen and oxygen atoms in total. The fourth-order valence-corrected chi connectivity index (χ4v) is 6.31. The van der Waals surface area contributed by atoms with Crippen molar-refractivity contribution >= 4 is 23.6 Å². The van der Waals surface area contributed by atoms with Crippen LogP contribution in [0.3, 0.4) is 0 Å². The number of piperazine rings is 1. The first-order valence-corrected chi connectivity index (χ1v) is 16.3. The molecule has 0 unspecified atom stereocenters. The zero-order chi connectivity index (χ0) is 32.2. The lowest BCUT2D eigenvalue weighted by molar-refractivity contribution is -0.146. The van der Waals surface area contributed by atoms with Crippen molar-refractivity contribution in [2.75, 3.05) is 39.8 Å². The number of ether oxygens (including phenoxy) is 1. The largest absolute Gasteiger partial charge is 0.483 e. The molecule has 3 atom stereocenters. The molecule has 244 valence electrons. The van der Waals surface area contributed by atoms with Gasteiger partial charge in [-0.2, -0.15) is 0 Å². The molecule has 2 aliphatic heterocycles. The van der Waals surface area contributed by atoms with Crippen molar-refractivity contribution in [3.63, 3.8) is 0 Å². The Hall–Kier alpha value is -3.14. The molecule has 2 N–H and O–H groups in total. The van der Waals surface area contributed by atoms with Crippen molar-refractivity contribution in [2.45, 2.75) is 104 Å². The average molecular weight is 612 g/mol. The lowest BCUT2D eigenvalue weighted by atomic mass is 9.86. The van der Waals surface area contributed by atoms with Gasteiger partial charge in [0, 0.05) is 37.8 Å². The lowest BCUT2D eigenvalue weighted by Gasteiger charge is -2.43. The van der Waals surface area contributed by atoms with Gasteiger partial charge in [-0.25, -0.2) is 0 Å². The first-order chi connectivity index (χ1) is 20.7. The number of hydrogen-bond donors (Lipinski definition) is 2. The van der Waals surface area contributed by atoms with Gasteiger partial charge in [-0.3, -0.25) is 24.1 Å². The summed E-state index contributed by atoms with van der Waals surface area (Å²) in [6.07, 6.45) is 4.69. The van der Waals surface area contributed by atoms with E-state index in [1.807, 2.05) is 25.7 Å². The van der Waals surface area contributed by atoms with E-state index in [4.69, 9.17) is 4.74 Å². The van der Waals surface area contributed by atoms with Crippen molar-refractivity contribution in [1.82, 2.24) is 25.3 Å². The number of nitrogens with zero attached hydrogens (tertiary/aromatic N) is 3. The highest BCUT2D eigenvalue weighted by Crippen LogP contribution is 2.34. The predicted molar refractivity (Wildman–Crippen MR) is 170 cm³/mol. The molecule has 0 radical (unpaired) electrons. The molecular weight excluding hydrogens is 558 g/mol. The quantitative estimate of drug-likeness (QED) is 0.397. The van der Waals surface area contributed by atoms with Gasteiger partial charge in [-0.15, -0.1) is 0 Å². The van der Waals surface area contributed by atoms with Crippen molar-refractivity contribution in [3.05, 3.63) is 29.8 Å². The second-order valence-corrected chi connectivity index (χ2v) is 14.9. The summed E-state index contributed by atoms with van der Waals surface area (Å²) in [5, 5.41) is 5.91. The van der Waals surface area contributed by atoms with Crippen LogP contribution < -0.4 is 15.4 Å². The number of likely N-dealkylation sites (tertiary alicyclic amines) is 1. The highest BCUT2D eigenvalue weighted by Gasteiger charge is 2.42. The molecule has 4 amide bonds. The van der Waals surface area contributed by atoms with Crippen LogP contribution in [-0.2, 0) is 14.4 Å². The number of carbonyl (C=O) groups is 4. The number of likely N-dealkylation sites (N-methyl/N-ethyl adjacent to an activating group) is 1. The van der Waals surface area contributed by atoms with Crippen LogP contribution in [0.1, 0.15) is 90.4 Å². The van der Waals surface area contributed by atoms with E-state index in [-0.39, 0.29) is 58.6 Å². The van der Waals surface area contributed by atoms with Gasteiger partial charge >= 0.3 is 0 Å². The van der Waals surface area contributed by atoms with Gasteiger partial charge in [0.2, 0.25) is 11.8 Å². The maximum Gasteiger partial charge on any atom is 0.258 e. The lowest BCUT2D eigenvalue weighted by Crippen LogP contribution is -2.59. The molecule has 3 aliphatic rings. The monoisotopic (exact) mass is 611 g/mol. The Labute approximate surface area is 263 Å². The molecule has 1 aromatic carbocycles. The maximum atomic E-state index is 14.0. The Morgan fingerprint density at radius 3 is 2.43 bits per heavy atom. The number of amides is 4. The van der Waals surface area contributed by atoms with Crippen LogP contribution in [-0.4, -0.2) is 102 Å². The van der Waals surface area contributed by atoms with Crippen molar-refractivity contribution in [2.24, 2.45) is 11.3 Å². The number of carbonyl (C=O) groups excluding carboxylic acids is 4. The predicted octanol–water partition coefficient (Wildman–Crippen LogP) is 3.45. The molecule has 1 saturated carbocycles. The third kappa shape index (κ3) is 8.96. The molecule has 2 heterocycles. The smallest absolute Gasteiger partial charge is 0.258 e. The summed E-state index contributed by atoms with van der Waals surface area (Å²) in [6.45, 7) is 15.1. The van der Waals surface area contributed by atoms with Crippen molar-refractivity contribution < 1.29 is 23.9 Å². The second-order valence-electron chi connectivity index (χ2n) is 14.9. The fourth-order valence-electron chi connectivity index (χ4n) is 6.31. The summed E-state index contributed by atoms with van der Waals surface area (Å²) in [7, 11) is 2.12. The Morgan fingerprint density at radius 1 is 1.07 bits per heavy atom. The van der Waals surface area contributed by atoms with Crippen LogP contribution in [0, 0.1) is 11.3 Å². The number of benzene rings is 1. The molecule has 0 aromatic heterocycles. The highest BCUT2D eigenvalue weighted by molar-refractivity contribution is 6.00. The van der Waals surface area contributed by atoms with Crippen molar-refractivity contribution in [1.29, 1.82) is 0 Å². The van der Waals surface area contributed by atoms with Crippen LogP contribution in [0.4, 0.5) is 0 Å². The summed E-state index contributed by atoms with van der Waals surface area (Å²) in [4.78, 5) is 59.8. The molecule has 1 aromatic rings. The molecule has 3 fully saturated rings. The molecule has 0 spiro atoms. The summed E-state index contributed by atoms with van der Waals surface area (Å²) < 4.78 is 5.76. The molecule has 2 saturated heterocycles. The normalized spacial score (nSPS) is 22.5. The van der Waals surface area contributed by atoms with Crippen LogP contribution in [0.2, 0.25) is 0 Å². The van der Waals surface area contributed by atoms with E-state index in [9.17, 15) is 19.2 Å². The minimum Gasteiger partial charge on any atom is -0.483 e. The Bertz CT molecular complexity index is 1210. The zero-order valence-corrected chi connectivity index (χ0v) is 27.8. The van der Waals surface area contributed by atoms with Crippen molar-refractivity contribution in [3.8, 4) is 5.75 Å². The van der Waals surface area contributed by atoms with Gasteiger partial charge in [0.15, 0.2) is 6.61 Å². The van der Waals surface area contributed by atoms with Gasteiger partial charge in [0.05, 0.1) is 5.56 Å². The third-order valence-corrected chi connectivity index (χ3v) is 9.00. The molecule has 44 heavy (non-hydrogen) atoms. The standard InChI is InChI=1S/C34H53N5O5/c1-23(2)19-26(35-30(41)25-11-8-9-13-28(25)44-22-29(40)36-34(6)14-15-34)31(42)39-16-10-12-27(39)32(43)38-18-17-37(7)24(21-38)20-33(3,4)5/h8-9,11,13,23-24,26-27H,10,12,14-22H2,1-7H3,(H,35,41)(H,36,40)/t24-,26+,27+/m0/s1. The van der Waals surface area contributed by atoms with E-state index in [0.717, 1.165) is 32.2 Å². The van der Waals surface area contributed by atoms with Gasteiger partial charge in [0.1, 0.15) is 17.8 Å². The first kappa shape index (κ1) is 33.7. The minimum atomic E-state index is -0.789. The second kappa shape index (κ2) is 13.9. The number of nitrogens with one attached hydrogen (secondary N) is 2. The van der Waals surface area contributed by atoms with E-state index in [1.54, 1.807) is 29.2 Å².